The maximum Gasteiger partial charge on any atom is 0.212 e. The van der Waals surface area contributed by atoms with Crippen molar-refractivity contribution in [2.75, 3.05) is 5.01 Å². The Hall–Kier alpha value is -0.720. The average Bonchev–Trinajstić information content (AvgIpc) is 2.55. The van der Waals surface area contributed by atoms with E-state index in [1.807, 2.05) is 0 Å². The zero-order valence-electron chi connectivity index (χ0n) is 5.19. The van der Waals surface area contributed by atoms with E-state index in [4.69, 9.17) is 11.6 Å². The van der Waals surface area contributed by atoms with Gasteiger partial charge in [-0.15, -0.1) is 0 Å². The molecule has 0 aromatic carbocycles. The summed E-state index contributed by atoms with van der Waals surface area (Å²) in [6, 6.07) is 0. The first-order valence-electron chi connectivity index (χ1n) is 2.73. The number of hydrogen-bond donors (Lipinski definition) is 1. The van der Waals surface area contributed by atoms with Gasteiger partial charge in [-0.05, 0) is 17.1 Å². The number of aromatic nitrogens is 2. The van der Waals surface area contributed by atoms with Gasteiger partial charge in [0.05, 0.1) is 6.20 Å². The highest BCUT2D eigenvalue weighted by molar-refractivity contribution is 8.03. The Labute approximate surface area is 71.4 Å². The summed E-state index contributed by atoms with van der Waals surface area (Å²) in [4.78, 5) is 2.87. The summed E-state index contributed by atoms with van der Waals surface area (Å²) in [5, 5.41) is 8.65. The molecule has 1 aromatic rings. The van der Waals surface area contributed by atoms with Crippen molar-refractivity contribution in [1.29, 1.82) is 0 Å². The van der Waals surface area contributed by atoms with Gasteiger partial charge >= 0.3 is 0 Å². The van der Waals surface area contributed by atoms with E-state index < -0.39 is 0 Å². The lowest BCUT2D eigenvalue weighted by molar-refractivity contribution is 0.307. The number of hydrogen-bond acceptors (Lipinski definition) is 6. The van der Waals surface area contributed by atoms with E-state index in [1.165, 1.54) is 18.1 Å². The lowest BCUT2D eigenvalue weighted by Gasteiger charge is -2.07. The Morgan fingerprint density at radius 1 is 1.73 bits per heavy atom. The molecule has 0 fully saturated rings. The highest BCUT2D eigenvalue weighted by Crippen LogP contribution is 2.26. The van der Waals surface area contributed by atoms with Crippen LogP contribution in [0.3, 0.4) is 0 Å². The van der Waals surface area contributed by atoms with Crippen LogP contribution >= 0.6 is 23.5 Å². The molecule has 0 saturated carbocycles. The van der Waals surface area contributed by atoms with Crippen LogP contribution in [0.5, 0.6) is 0 Å². The molecule has 0 aliphatic carbocycles. The SMILES string of the molecule is ClC1=CN(c2cnon2)NS1. The first-order valence-corrected chi connectivity index (χ1v) is 3.92. The van der Waals surface area contributed by atoms with Gasteiger partial charge in [0.15, 0.2) is 0 Å². The Morgan fingerprint density at radius 2 is 2.64 bits per heavy atom. The largest absolute Gasteiger partial charge is 0.250 e. The molecule has 0 saturated heterocycles. The summed E-state index contributed by atoms with van der Waals surface area (Å²) < 4.78 is 5.05. The predicted molar refractivity (Wildman–Crippen MR) is 41.4 cm³/mol. The number of rotatable bonds is 1. The van der Waals surface area contributed by atoms with Crippen LogP contribution in [0.2, 0.25) is 0 Å². The molecule has 0 unspecified atom stereocenters. The first kappa shape index (κ1) is 6.96. The molecule has 0 bridgehead atoms. The fourth-order valence-electron chi connectivity index (χ4n) is 0.626. The molecule has 0 amide bonds. The monoisotopic (exact) mass is 190 g/mol. The summed E-state index contributed by atoms with van der Waals surface area (Å²) in [6.07, 6.45) is 3.17. The first-order chi connectivity index (χ1) is 5.36. The van der Waals surface area contributed by atoms with E-state index in [-0.39, 0.29) is 0 Å². The van der Waals surface area contributed by atoms with Gasteiger partial charge in [0, 0.05) is 0 Å². The molecular weight excluding hydrogens is 188 g/mol. The molecule has 1 aromatic heterocycles. The third-order valence-electron chi connectivity index (χ3n) is 1.07. The molecule has 7 heteroatoms. The molecule has 58 valence electrons. The topological polar surface area (TPSA) is 54.2 Å². The second-order valence-corrected chi connectivity index (χ2v) is 3.22. The van der Waals surface area contributed by atoms with E-state index in [1.54, 1.807) is 11.2 Å². The predicted octanol–water partition coefficient (Wildman–Crippen LogP) is 1.08. The second-order valence-electron chi connectivity index (χ2n) is 1.76. The lowest BCUT2D eigenvalue weighted by Crippen LogP contribution is -2.23. The van der Waals surface area contributed by atoms with Crippen molar-refractivity contribution in [3.63, 3.8) is 0 Å². The van der Waals surface area contributed by atoms with Crippen molar-refractivity contribution in [1.82, 2.24) is 15.1 Å². The van der Waals surface area contributed by atoms with Crippen LogP contribution in [-0.4, -0.2) is 10.3 Å². The van der Waals surface area contributed by atoms with Crippen molar-refractivity contribution in [2.24, 2.45) is 0 Å². The van der Waals surface area contributed by atoms with E-state index >= 15 is 0 Å². The van der Waals surface area contributed by atoms with Crippen LogP contribution in [0.1, 0.15) is 0 Å². The minimum atomic E-state index is 0.577. The molecule has 5 nitrogen and oxygen atoms in total. The van der Waals surface area contributed by atoms with Gasteiger partial charge in [-0.1, -0.05) is 16.8 Å². The minimum Gasteiger partial charge on any atom is -0.250 e. The minimum absolute atomic E-state index is 0.577. The number of nitrogens with zero attached hydrogens (tertiary/aromatic N) is 3. The number of halogens is 1. The Morgan fingerprint density at radius 3 is 3.18 bits per heavy atom. The molecule has 1 aliphatic rings. The molecule has 0 spiro atoms. The standard InChI is InChI=1S/C4H3ClN4OS/c5-3-2-9(8-11-3)4-1-6-10-7-4/h1-2,8H. The smallest absolute Gasteiger partial charge is 0.212 e. The van der Waals surface area contributed by atoms with Gasteiger partial charge in [-0.25, -0.2) is 4.63 Å². The fraction of sp³-hybridized carbons (Fsp3) is 0. The van der Waals surface area contributed by atoms with Crippen LogP contribution in [0.25, 0.3) is 0 Å². The molecule has 11 heavy (non-hydrogen) atoms. The van der Waals surface area contributed by atoms with Gasteiger partial charge in [0.2, 0.25) is 5.82 Å². The van der Waals surface area contributed by atoms with Crippen molar-refractivity contribution >= 4 is 29.4 Å². The van der Waals surface area contributed by atoms with Crippen molar-refractivity contribution in [3.05, 3.63) is 16.8 Å². The summed E-state index contributed by atoms with van der Waals surface area (Å²) in [6.45, 7) is 0. The average molecular weight is 191 g/mol. The third-order valence-corrected chi connectivity index (χ3v) is 1.99. The quantitative estimate of drug-likeness (QED) is 0.669. The molecule has 1 N–H and O–H groups in total. The van der Waals surface area contributed by atoms with Crippen LogP contribution < -0.4 is 9.84 Å². The van der Waals surface area contributed by atoms with E-state index in [0.717, 1.165) is 0 Å². The van der Waals surface area contributed by atoms with Crippen LogP contribution in [0.15, 0.2) is 21.4 Å². The third kappa shape index (κ3) is 1.32. The van der Waals surface area contributed by atoms with Crippen LogP contribution in [0.4, 0.5) is 5.82 Å². The summed E-state index contributed by atoms with van der Waals surface area (Å²) in [5.41, 5.74) is 0. The highest BCUT2D eigenvalue weighted by atomic mass is 35.5. The lowest BCUT2D eigenvalue weighted by atomic mass is 10.7. The van der Waals surface area contributed by atoms with Crippen molar-refractivity contribution in [3.8, 4) is 0 Å². The van der Waals surface area contributed by atoms with Gasteiger partial charge in [-0.3, -0.25) is 5.01 Å². The summed E-state index contributed by atoms with van der Waals surface area (Å²) in [7, 11) is 0. The van der Waals surface area contributed by atoms with E-state index in [2.05, 4.69) is 19.8 Å². The summed E-state index contributed by atoms with van der Waals surface area (Å²) >= 11 is 6.96. The normalized spacial score (nSPS) is 17.2. The fourth-order valence-corrected chi connectivity index (χ4v) is 1.32. The Kier molecular flexibility index (Phi) is 1.72. The molecule has 0 atom stereocenters. The van der Waals surface area contributed by atoms with Crippen LogP contribution in [0, 0.1) is 0 Å². The van der Waals surface area contributed by atoms with Gasteiger partial charge in [0.25, 0.3) is 0 Å². The Balaban J connectivity index is 2.20. The molecular formula is C4H3ClN4OS. The van der Waals surface area contributed by atoms with Crippen LogP contribution in [-0.2, 0) is 0 Å². The number of anilines is 1. The van der Waals surface area contributed by atoms with Gasteiger partial charge < -0.3 is 0 Å². The molecule has 2 rings (SSSR count). The zero-order valence-corrected chi connectivity index (χ0v) is 6.76. The van der Waals surface area contributed by atoms with Gasteiger partial charge in [-0.2, -0.15) is 4.83 Å². The molecule has 1 aliphatic heterocycles. The highest BCUT2D eigenvalue weighted by Gasteiger charge is 2.14. The maximum absolute atomic E-state index is 5.66. The zero-order chi connectivity index (χ0) is 7.68. The number of nitrogens with one attached hydrogen (secondary N) is 1. The van der Waals surface area contributed by atoms with Crippen molar-refractivity contribution < 1.29 is 4.63 Å². The summed E-state index contributed by atoms with van der Waals surface area (Å²) in [5.74, 6) is 0.577. The van der Waals surface area contributed by atoms with Gasteiger partial charge in [0.1, 0.15) is 10.6 Å². The molecule has 0 radical (unpaired) electrons. The number of hydrazine groups is 1. The van der Waals surface area contributed by atoms with Crippen molar-refractivity contribution in [2.45, 2.75) is 0 Å². The Bertz CT molecular complexity index is 274. The molecule has 2 heterocycles. The van der Waals surface area contributed by atoms with E-state index in [9.17, 15) is 0 Å². The van der Waals surface area contributed by atoms with E-state index in [0.29, 0.717) is 10.2 Å². The second kappa shape index (κ2) is 2.72. The maximum atomic E-state index is 5.66.